The maximum atomic E-state index is 15.2. The van der Waals surface area contributed by atoms with Gasteiger partial charge in [0, 0.05) is 30.3 Å². The molecule has 5 rings (SSSR count). The van der Waals surface area contributed by atoms with Gasteiger partial charge in [0.05, 0.1) is 11.6 Å². The second-order valence-corrected chi connectivity index (χ2v) is 9.56. The van der Waals surface area contributed by atoms with Gasteiger partial charge in [-0.25, -0.2) is 9.07 Å². The van der Waals surface area contributed by atoms with Gasteiger partial charge in [0.1, 0.15) is 23.9 Å². The third kappa shape index (κ3) is 5.69. The predicted octanol–water partition coefficient (Wildman–Crippen LogP) is 4.29. The van der Waals surface area contributed by atoms with E-state index in [1.807, 2.05) is 18.2 Å². The summed E-state index contributed by atoms with van der Waals surface area (Å²) in [6.45, 7) is 0.693. The number of carbonyl (C=O) groups is 2. The van der Waals surface area contributed by atoms with Crippen molar-refractivity contribution in [2.75, 3.05) is 13.2 Å². The Hall–Kier alpha value is -3.82. The highest BCUT2D eigenvalue weighted by molar-refractivity contribution is 6.31. The van der Waals surface area contributed by atoms with E-state index in [1.54, 1.807) is 42.5 Å². The summed E-state index contributed by atoms with van der Waals surface area (Å²) < 4.78 is 22.3. The number of rotatable bonds is 9. The molecule has 0 spiro atoms. The van der Waals surface area contributed by atoms with Crippen LogP contribution in [0.15, 0.2) is 72.8 Å². The second-order valence-electron chi connectivity index (χ2n) is 9.15. The fourth-order valence-corrected chi connectivity index (χ4v) is 4.85. The van der Waals surface area contributed by atoms with Crippen LogP contribution in [0.2, 0.25) is 5.02 Å². The van der Waals surface area contributed by atoms with Gasteiger partial charge in [-0.2, -0.15) is 0 Å². The first kappa shape index (κ1) is 25.8. The minimum Gasteiger partial charge on any atom is -0.376 e. The molecule has 3 aromatic carbocycles. The third-order valence-corrected chi connectivity index (χ3v) is 6.98. The molecule has 10 heteroatoms. The van der Waals surface area contributed by atoms with Gasteiger partial charge in [-0.15, -0.1) is 5.10 Å². The quantitative estimate of drug-likeness (QED) is 0.345. The van der Waals surface area contributed by atoms with Crippen molar-refractivity contribution >= 4 is 34.4 Å². The van der Waals surface area contributed by atoms with Crippen molar-refractivity contribution in [3.63, 3.8) is 0 Å². The van der Waals surface area contributed by atoms with Crippen LogP contribution in [0.4, 0.5) is 4.39 Å². The first-order chi connectivity index (χ1) is 18.5. The van der Waals surface area contributed by atoms with Crippen LogP contribution in [0.1, 0.15) is 30.0 Å². The first-order valence-electron chi connectivity index (χ1n) is 12.5. The summed E-state index contributed by atoms with van der Waals surface area (Å²) in [5.41, 5.74) is 2.02. The van der Waals surface area contributed by atoms with Gasteiger partial charge in [0.25, 0.3) is 0 Å². The second kappa shape index (κ2) is 11.7. The van der Waals surface area contributed by atoms with E-state index in [0.717, 1.165) is 12.8 Å². The summed E-state index contributed by atoms with van der Waals surface area (Å²) >= 11 is 6.45. The molecule has 0 saturated carbocycles. The Kier molecular flexibility index (Phi) is 7.95. The van der Waals surface area contributed by atoms with Crippen LogP contribution in [0, 0.1) is 5.82 Å². The Labute approximate surface area is 224 Å². The number of benzene rings is 3. The molecular formula is C28H27ClFN5O3. The van der Waals surface area contributed by atoms with E-state index in [2.05, 4.69) is 15.6 Å². The standard InChI is InChI=1S/C28H27ClFN5O3/c29-22-11-3-1-8-19(22)17-34(26(36)18-35-25-14-6-5-13-24(25)32-33-35)27(21-10-2-4-12-23(21)30)28(37)31-16-20-9-7-15-38-20/h1-6,8,10-14,20,27H,7,9,15-18H2,(H,31,37)/t20-,27-/m1/s1. The average Bonchev–Trinajstić information content (AvgIpc) is 3.59. The van der Waals surface area contributed by atoms with E-state index in [9.17, 15) is 9.59 Å². The number of para-hydroxylation sites is 1. The monoisotopic (exact) mass is 535 g/mol. The summed E-state index contributed by atoms with van der Waals surface area (Å²) in [4.78, 5) is 29.0. The minimum atomic E-state index is -1.25. The van der Waals surface area contributed by atoms with Gasteiger partial charge < -0.3 is 15.0 Å². The molecule has 1 aliphatic rings. The van der Waals surface area contributed by atoms with E-state index in [4.69, 9.17) is 16.3 Å². The molecule has 8 nitrogen and oxygen atoms in total. The highest BCUT2D eigenvalue weighted by Crippen LogP contribution is 2.29. The van der Waals surface area contributed by atoms with E-state index >= 15 is 4.39 Å². The largest absolute Gasteiger partial charge is 0.376 e. The zero-order chi connectivity index (χ0) is 26.5. The molecule has 4 aromatic rings. The van der Waals surface area contributed by atoms with Crippen LogP contribution < -0.4 is 5.32 Å². The Morgan fingerprint density at radius 1 is 1.11 bits per heavy atom. The molecule has 38 heavy (non-hydrogen) atoms. The van der Waals surface area contributed by atoms with Gasteiger partial charge in [0.15, 0.2) is 0 Å². The summed E-state index contributed by atoms with van der Waals surface area (Å²) in [6, 6.07) is 19.1. The normalized spacial score (nSPS) is 15.9. The SMILES string of the molecule is O=C(NC[C@H]1CCCO1)[C@@H](c1ccccc1F)N(Cc1ccccc1Cl)C(=O)Cn1nnc2ccccc21. The molecule has 0 aliphatic carbocycles. The summed E-state index contributed by atoms with van der Waals surface area (Å²) in [7, 11) is 0. The van der Waals surface area contributed by atoms with Gasteiger partial charge in [-0.05, 0) is 42.7 Å². The van der Waals surface area contributed by atoms with Crippen molar-refractivity contribution in [3.8, 4) is 0 Å². The number of nitrogens with one attached hydrogen (secondary N) is 1. The lowest BCUT2D eigenvalue weighted by Gasteiger charge is -2.32. The number of carbonyl (C=O) groups excluding carboxylic acids is 2. The average molecular weight is 536 g/mol. The number of halogens is 2. The van der Waals surface area contributed by atoms with Crippen molar-refractivity contribution in [1.29, 1.82) is 0 Å². The zero-order valence-electron chi connectivity index (χ0n) is 20.6. The number of hydrogen-bond donors (Lipinski definition) is 1. The van der Waals surface area contributed by atoms with E-state index in [-0.39, 0.29) is 31.3 Å². The fourth-order valence-electron chi connectivity index (χ4n) is 4.65. The number of hydrogen-bond acceptors (Lipinski definition) is 5. The lowest BCUT2D eigenvalue weighted by molar-refractivity contribution is -0.142. The Bertz CT molecular complexity index is 1440. The van der Waals surface area contributed by atoms with E-state index in [1.165, 1.54) is 21.7 Å². The molecule has 1 aromatic heterocycles. The Morgan fingerprint density at radius 2 is 1.87 bits per heavy atom. The maximum Gasteiger partial charge on any atom is 0.247 e. The predicted molar refractivity (Wildman–Crippen MR) is 141 cm³/mol. The molecule has 1 N–H and O–H groups in total. The number of ether oxygens (including phenoxy) is 1. The molecule has 1 aliphatic heterocycles. The lowest BCUT2D eigenvalue weighted by Crippen LogP contribution is -2.46. The van der Waals surface area contributed by atoms with Crippen molar-refractivity contribution in [3.05, 3.63) is 94.8 Å². The summed E-state index contributed by atoms with van der Waals surface area (Å²) in [5.74, 6) is -1.54. The van der Waals surface area contributed by atoms with Crippen LogP contribution in [0.3, 0.4) is 0 Å². The van der Waals surface area contributed by atoms with Crippen LogP contribution >= 0.6 is 11.6 Å². The van der Waals surface area contributed by atoms with Crippen LogP contribution in [-0.2, 0) is 27.4 Å². The van der Waals surface area contributed by atoms with E-state index < -0.39 is 23.7 Å². The maximum absolute atomic E-state index is 15.2. The molecule has 2 amide bonds. The lowest BCUT2D eigenvalue weighted by atomic mass is 10.0. The number of amides is 2. The summed E-state index contributed by atoms with van der Waals surface area (Å²) in [5, 5.41) is 11.6. The highest BCUT2D eigenvalue weighted by Gasteiger charge is 2.34. The molecule has 2 atom stereocenters. The van der Waals surface area contributed by atoms with Crippen LogP contribution in [0.5, 0.6) is 0 Å². The molecule has 0 bridgehead atoms. The van der Waals surface area contributed by atoms with Gasteiger partial charge in [-0.3, -0.25) is 9.59 Å². The number of fused-ring (bicyclic) bond motifs is 1. The smallest absolute Gasteiger partial charge is 0.247 e. The summed E-state index contributed by atoms with van der Waals surface area (Å²) in [6.07, 6.45) is 1.63. The molecule has 196 valence electrons. The molecule has 1 saturated heterocycles. The third-order valence-electron chi connectivity index (χ3n) is 6.61. The number of nitrogens with zero attached hydrogens (tertiary/aromatic N) is 4. The highest BCUT2D eigenvalue weighted by atomic mass is 35.5. The van der Waals surface area contributed by atoms with Crippen molar-refractivity contribution in [1.82, 2.24) is 25.2 Å². The van der Waals surface area contributed by atoms with E-state index in [0.29, 0.717) is 28.2 Å². The van der Waals surface area contributed by atoms with Crippen LogP contribution in [0.25, 0.3) is 11.0 Å². The van der Waals surface area contributed by atoms with Gasteiger partial charge in [0.2, 0.25) is 11.8 Å². The Balaban J connectivity index is 1.52. The van der Waals surface area contributed by atoms with Gasteiger partial charge >= 0.3 is 0 Å². The molecule has 2 heterocycles. The molecular weight excluding hydrogens is 509 g/mol. The topological polar surface area (TPSA) is 89.4 Å². The van der Waals surface area contributed by atoms with Crippen molar-refractivity contribution in [2.24, 2.45) is 0 Å². The molecule has 1 fully saturated rings. The van der Waals surface area contributed by atoms with Crippen molar-refractivity contribution < 1.29 is 18.7 Å². The van der Waals surface area contributed by atoms with Gasteiger partial charge in [-0.1, -0.05) is 65.3 Å². The zero-order valence-corrected chi connectivity index (χ0v) is 21.4. The first-order valence-corrected chi connectivity index (χ1v) is 12.8. The van der Waals surface area contributed by atoms with Crippen molar-refractivity contribution in [2.45, 2.75) is 38.1 Å². The Morgan fingerprint density at radius 3 is 2.66 bits per heavy atom. The molecule has 0 radical (unpaired) electrons. The van der Waals surface area contributed by atoms with Crippen LogP contribution in [-0.4, -0.2) is 51.0 Å². The fraction of sp³-hybridized carbons (Fsp3) is 0.286. The minimum absolute atomic E-state index is 0.0164. The number of aromatic nitrogens is 3. The molecule has 0 unspecified atom stereocenters.